The summed E-state index contributed by atoms with van der Waals surface area (Å²) in [5, 5.41) is 8.73. The van der Waals surface area contributed by atoms with Crippen LogP contribution in [0.15, 0.2) is 24.3 Å². The van der Waals surface area contributed by atoms with Crippen molar-refractivity contribution in [2.24, 2.45) is 0 Å². The Hall–Kier alpha value is -1.95. The average molecular weight is 335 g/mol. The van der Waals surface area contributed by atoms with Gasteiger partial charge in [-0.1, -0.05) is 13.3 Å². The van der Waals surface area contributed by atoms with Gasteiger partial charge in [0.15, 0.2) is 5.11 Å². The van der Waals surface area contributed by atoms with E-state index in [1.165, 1.54) is 0 Å². The fraction of sp³-hybridized carbons (Fsp3) is 0.471. The predicted octanol–water partition coefficient (Wildman–Crippen LogP) is 3.22. The summed E-state index contributed by atoms with van der Waals surface area (Å²) in [7, 11) is 0. The van der Waals surface area contributed by atoms with Crippen LogP contribution in [0.5, 0.6) is 0 Å². The van der Waals surface area contributed by atoms with Gasteiger partial charge in [-0.25, -0.2) is 0 Å². The molecule has 0 spiro atoms. The standard InChI is InChI=1S/C17H25N3O2S/c1-5-6-7-14(21)19-16(23)18-13-10-8-12(9-11-13)15(22)20-17(2,3)4/h8-11H,5-7H2,1-4H3,(H,20,22)(H2,18,19,21,23). The summed E-state index contributed by atoms with van der Waals surface area (Å²) in [6.45, 7) is 7.82. The average Bonchev–Trinajstić information content (AvgIpc) is 2.43. The SMILES string of the molecule is CCCCC(=O)NC(=S)Nc1ccc(C(=O)NC(C)(C)C)cc1. The van der Waals surface area contributed by atoms with Crippen molar-refractivity contribution >= 4 is 34.8 Å². The van der Waals surface area contributed by atoms with Crippen molar-refractivity contribution in [3.05, 3.63) is 29.8 Å². The number of carbonyl (C=O) groups is 2. The summed E-state index contributed by atoms with van der Waals surface area (Å²) in [6, 6.07) is 6.93. The Morgan fingerprint density at radius 2 is 1.74 bits per heavy atom. The van der Waals surface area contributed by atoms with E-state index in [9.17, 15) is 9.59 Å². The minimum atomic E-state index is -0.279. The lowest BCUT2D eigenvalue weighted by Gasteiger charge is -2.20. The molecule has 5 nitrogen and oxygen atoms in total. The molecule has 1 rings (SSSR count). The molecule has 0 aliphatic heterocycles. The molecule has 0 saturated carbocycles. The number of nitrogens with one attached hydrogen (secondary N) is 3. The lowest BCUT2D eigenvalue weighted by atomic mass is 10.1. The van der Waals surface area contributed by atoms with Gasteiger partial charge in [0.05, 0.1) is 0 Å². The van der Waals surface area contributed by atoms with E-state index in [0.29, 0.717) is 12.0 Å². The molecule has 0 fully saturated rings. The third-order valence-electron chi connectivity index (χ3n) is 2.90. The molecular formula is C17H25N3O2S. The number of hydrogen-bond acceptors (Lipinski definition) is 3. The lowest BCUT2D eigenvalue weighted by molar-refractivity contribution is -0.119. The van der Waals surface area contributed by atoms with Crippen LogP contribution in [-0.4, -0.2) is 22.5 Å². The third-order valence-corrected chi connectivity index (χ3v) is 3.11. The first-order valence-electron chi connectivity index (χ1n) is 7.74. The monoisotopic (exact) mass is 335 g/mol. The molecule has 3 N–H and O–H groups in total. The highest BCUT2D eigenvalue weighted by molar-refractivity contribution is 7.80. The Labute approximate surface area is 143 Å². The summed E-state index contributed by atoms with van der Waals surface area (Å²) in [5.41, 5.74) is 1.01. The molecule has 1 aromatic carbocycles. The first-order chi connectivity index (χ1) is 10.7. The first-order valence-corrected chi connectivity index (χ1v) is 8.15. The second-order valence-electron chi connectivity index (χ2n) is 6.39. The Morgan fingerprint density at radius 1 is 1.13 bits per heavy atom. The Bertz CT molecular complexity index is 562. The maximum atomic E-state index is 12.0. The number of unbranched alkanes of at least 4 members (excludes halogenated alkanes) is 1. The number of carbonyl (C=O) groups excluding carboxylic acids is 2. The number of hydrogen-bond donors (Lipinski definition) is 3. The molecule has 2 amide bonds. The molecule has 0 aromatic heterocycles. The van der Waals surface area contributed by atoms with Crippen LogP contribution < -0.4 is 16.0 Å². The minimum Gasteiger partial charge on any atom is -0.347 e. The smallest absolute Gasteiger partial charge is 0.251 e. The molecule has 0 aliphatic rings. The normalized spacial score (nSPS) is 10.8. The first kappa shape index (κ1) is 19.1. The number of anilines is 1. The van der Waals surface area contributed by atoms with E-state index in [2.05, 4.69) is 16.0 Å². The van der Waals surface area contributed by atoms with E-state index in [0.717, 1.165) is 18.5 Å². The molecule has 0 aliphatic carbocycles. The van der Waals surface area contributed by atoms with Crippen LogP contribution >= 0.6 is 12.2 Å². The second-order valence-corrected chi connectivity index (χ2v) is 6.80. The van der Waals surface area contributed by atoms with Crippen LogP contribution in [0.4, 0.5) is 5.69 Å². The van der Waals surface area contributed by atoms with Crippen molar-refractivity contribution in [1.82, 2.24) is 10.6 Å². The highest BCUT2D eigenvalue weighted by Crippen LogP contribution is 2.11. The van der Waals surface area contributed by atoms with Crippen LogP contribution in [0, 0.1) is 0 Å². The molecule has 0 radical (unpaired) electrons. The molecule has 0 unspecified atom stereocenters. The summed E-state index contributed by atoms with van der Waals surface area (Å²) >= 11 is 5.10. The zero-order chi connectivity index (χ0) is 17.5. The molecule has 0 bridgehead atoms. The van der Waals surface area contributed by atoms with Crippen LogP contribution in [0.1, 0.15) is 57.3 Å². The van der Waals surface area contributed by atoms with E-state index >= 15 is 0 Å². The van der Waals surface area contributed by atoms with Gasteiger partial charge in [0.1, 0.15) is 0 Å². The topological polar surface area (TPSA) is 70.2 Å². The Balaban J connectivity index is 2.55. The van der Waals surface area contributed by atoms with Crippen LogP contribution in [0.2, 0.25) is 0 Å². The summed E-state index contributed by atoms with van der Waals surface area (Å²) in [6.07, 6.45) is 2.27. The maximum Gasteiger partial charge on any atom is 0.251 e. The van der Waals surface area contributed by atoms with E-state index < -0.39 is 0 Å². The van der Waals surface area contributed by atoms with Gasteiger partial charge >= 0.3 is 0 Å². The van der Waals surface area contributed by atoms with Crippen molar-refractivity contribution in [3.8, 4) is 0 Å². The van der Waals surface area contributed by atoms with Crippen LogP contribution in [0.3, 0.4) is 0 Å². The van der Waals surface area contributed by atoms with Gasteiger partial charge in [0, 0.05) is 23.2 Å². The summed E-state index contributed by atoms with van der Waals surface area (Å²) in [5.74, 6) is -0.218. The maximum absolute atomic E-state index is 12.0. The fourth-order valence-corrected chi connectivity index (χ4v) is 2.04. The fourth-order valence-electron chi connectivity index (χ4n) is 1.81. The van der Waals surface area contributed by atoms with Gasteiger partial charge in [-0.05, 0) is 63.7 Å². The van der Waals surface area contributed by atoms with Gasteiger partial charge in [0.2, 0.25) is 5.91 Å². The Morgan fingerprint density at radius 3 is 2.26 bits per heavy atom. The van der Waals surface area contributed by atoms with Gasteiger partial charge in [-0.15, -0.1) is 0 Å². The van der Waals surface area contributed by atoms with Crippen molar-refractivity contribution in [1.29, 1.82) is 0 Å². The highest BCUT2D eigenvalue weighted by Gasteiger charge is 2.15. The van der Waals surface area contributed by atoms with Gasteiger partial charge < -0.3 is 16.0 Å². The van der Waals surface area contributed by atoms with Crippen LogP contribution in [0.25, 0.3) is 0 Å². The second kappa shape index (κ2) is 8.62. The van der Waals surface area contributed by atoms with E-state index in [4.69, 9.17) is 12.2 Å². The Kier molecular flexibility index (Phi) is 7.16. The molecule has 1 aromatic rings. The van der Waals surface area contributed by atoms with Gasteiger partial charge in [-0.3, -0.25) is 9.59 Å². The zero-order valence-electron chi connectivity index (χ0n) is 14.2. The molecule has 126 valence electrons. The van der Waals surface area contributed by atoms with Gasteiger partial charge in [-0.2, -0.15) is 0 Å². The predicted molar refractivity (Wildman–Crippen MR) is 97.5 cm³/mol. The van der Waals surface area contributed by atoms with Crippen molar-refractivity contribution in [3.63, 3.8) is 0 Å². The van der Waals surface area contributed by atoms with E-state index in [1.54, 1.807) is 24.3 Å². The highest BCUT2D eigenvalue weighted by atomic mass is 32.1. The largest absolute Gasteiger partial charge is 0.347 e. The van der Waals surface area contributed by atoms with Crippen molar-refractivity contribution in [2.75, 3.05) is 5.32 Å². The van der Waals surface area contributed by atoms with E-state index in [-0.39, 0.29) is 22.5 Å². The van der Waals surface area contributed by atoms with E-state index in [1.807, 2.05) is 27.7 Å². The summed E-state index contributed by atoms with van der Waals surface area (Å²) < 4.78 is 0. The third kappa shape index (κ3) is 7.74. The van der Waals surface area contributed by atoms with Crippen molar-refractivity contribution in [2.45, 2.75) is 52.5 Å². The van der Waals surface area contributed by atoms with Gasteiger partial charge in [0.25, 0.3) is 5.91 Å². The molecule has 0 heterocycles. The molecule has 0 saturated heterocycles. The van der Waals surface area contributed by atoms with Crippen molar-refractivity contribution < 1.29 is 9.59 Å². The number of amides is 2. The summed E-state index contributed by atoms with van der Waals surface area (Å²) in [4.78, 5) is 23.6. The molecule has 6 heteroatoms. The molecule has 0 atom stereocenters. The number of rotatable bonds is 5. The lowest BCUT2D eigenvalue weighted by Crippen LogP contribution is -2.40. The molecular weight excluding hydrogens is 310 g/mol. The van der Waals surface area contributed by atoms with Crippen LogP contribution in [-0.2, 0) is 4.79 Å². The number of thiocarbonyl (C=S) groups is 1. The molecule has 23 heavy (non-hydrogen) atoms. The number of benzene rings is 1. The quantitative estimate of drug-likeness (QED) is 0.723. The minimum absolute atomic E-state index is 0.0921. The zero-order valence-corrected chi connectivity index (χ0v) is 15.0.